The van der Waals surface area contributed by atoms with Crippen molar-refractivity contribution in [1.29, 1.82) is 0 Å². The number of nitrogens with zero attached hydrogens (tertiary/aromatic N) is 1. The molecule has 88 valence electrons. The van der Waals surface area contributed by atoms with E-state index < -0.39 is 12.0 Å². The first-order valence-electron chi connectivity index (χ1n) is 5.21. The van der Waals surface area contributed by atoms with Crippen molar-refractivity contribution in [3.05, 3.63) is 23.5 Å². The Kier molecular flexibility index (Phi) is 4.25. The molecular formula is C11H17N3O2. The quantitative estimate of drug-likeness (QED) is 0.760. The van der Waals surface area contributed by atoms with E-state index in [1.54, 1.807) is 6.07 Å². The number of primary amides is 1. The zero-order valence-electron chi connectivity index (χ0n) is 9.56. The number of hydrogen-bond donors (Lipinski definition) is 2. The first kappa shape index (κ1) is 12.4. The third-order valence-corrected chi connectivity index (χ3v) is 2.22. The maximum absolute atomic E-state index is 11.0. The Labute approximate surface area is 94.8 Å². The van der Waals surface area contributed by atoms with Gasteiger partial charge < -0.3 is 16.2 Å². The first-order chi connectivity index (χ1) is 7.58. The monoisotopic (exact) mass is 223 g/mol. The fraction of sp³-hybridized carbons (Fsp3) is 0.455. The van der Waals surface area contributed by atoms with Crippen molar-refractivity contribution in [2.45, 2.75) is 32.9 Å². The maximum Gasteiger partial charge on any atom is 0.258 e. The van der Waals surface area contributed by atoms with Crippen LogP contribution in [-0.2, 0) is 11.3 Å². The Morgan fingerprint density at radius 3 is 2.75 bits per heavy atom. The van der Waals surface area contributed by atoms with Crippen molar-refractivity contribution in [3.63, 3.8) is 0 Å². The molecule has 0 aliphatic heterocycles. The molecule has 5 nitrogen and oxygen atoms in total. The molecule has 0 fully saturated rings. The van der Waals surface area contributed by atoms with Crippen LogP contribution >= 0.6 is 0 Å². The maximum atomic E-state index is 11.0. The Balaban J connectivity index is 2.91. The van der Waals surface area contributed by atoms with Gasteiger partial charge >= 0.3 is 0 Å². The van der Waals surface area contributed by atoms with Gasteiger partial charge in [0.2, 0.25) is 0 Å². The van der Waals surface area contributed by atoms with Gasteiger partial charge in [-0.1, -0.05) is 6.92 Å². The van der Waals surface area contributed by atoms with Crippen molar-refractivity contribution < 1.29 is 9.53 Å². The lowest BCUT2D eigenvalue weighted by Crippen LogP contribution is -2.33. The minimum absolute atomic E-state index is 0.270. The topological polar surface area (TPSA) is 91.2 Å². The van der Waals surface area contributed by atoms with Crippen LogP contribution in [0.4, 0.5) is 0 Å². The van der Waals surface area contributed by atoms with E-state index in [0.717, 1.165) is 5.69 Å². The normalized spacial score (nSPS) is 12.2. The molecule has 1 unspecified atom stereocenters. The minimum atomic E-state index is -0.630. The van der Waals surface area contributed by atoms with Crippen LogP contribution in [0.3, 0.4) is 0 Å². The summed E-state index contributed by atoms with van der Waals surface area (Å²) in [5.41, 5.74) is 12.3. The van der Waals surface area contributed by atoms with E-state index in [4.69, 9.17) is 16.2 Å². The number of hydrogen-bond acceptors (Lipinski definition) is 4. The molecule has 1 amide bonds. The summed E-state index contributed by atoms with van der Waals surface area (Å²) in [6.07, 6.45) is -0.109. The van der Waals surface area contributed by atoms with Gasteiger partial charge in [-0.15, -0.1) is 0 Å². The van der Waals surface area contributed by atoms with Gasteiger partial charge in [-0.25, -0.2) is 0 Å². The molecule has 0 saturated carbocycles. The van der Waals surface area contributed by atoms with E-state index in [9.17, 15) is 4.79 Å². The second kappa shape index (κ2) is 5.46. The highest BCUT2D eigenvalue weighted by Crippen LogP contribution is 2.18. The van der Waals surface area contributed by atoms with Crippen LogP contribution in [0.1, 0.15) is 24.7 Å². The van der Waals surface area contributed by atoms with E-state index in [1.165, 1.54) is 0 Å². The minimum Gasteiger partial charge on any atom is -0.479 e. The molecule has 0 radical (unpaired) electrons. The number of ether oxygens (including phenoxy) is 1. The largest absolute Gasteiger partial charge is 0.479 e. The molecule has 0 saturated heterocycles. The van der Waals surface area contributed by atoms with Crippen molar-refractivity contribution in [2.75, 3.05) is 0 Å². The molecule has 1 rings (SSSR count). The van der Waals surface area contributed by atoms with Crippen LogP contribution in [-0.4, -0.2) is 17.0 Å². The van der Waals surface area contributed by atoms with Gasteiger partial charge in [0.1, 0.15) is 5.75 Å². The zero-order chi connectivity index (χ0) is 12.1. The van der Waals surface area contributed by atoms with Crippen LogP contribution in [0, 0.1) is 6.92 Å². The highest BCUT2D eigenvalue weighted by Gasteiger charge is 2.16. The van der Waals surface area contributed by atoms with Crippen LogP contribution in [0.2, 0.25) is 0 Å². The average molecular weight is 223 g/mol. The van der Waals surface area contributed by atoms with Crippen molar-refractivity contribution in [2.24, 2.45) is 11.5 Å². The van der Waals surface area contributed by atoms with Gasteiger partial charge in [-0.05, 0) is 25.5 Å². The summed E-state index contributed by atoms with van der Waals surface area (Å²) in [5, 5.41) is 0. The second-order valence-electron chi connectivity index (χ2n) is 3.52. The van der Waals surface area contributed by atoms with Crippen molar-refractivity contribution in [3.8, 4) is 5.75 Å². The SMILES string of the molecule is CCC(Oc1ccc(C)nc1CN)C(N)=O. The third-order valence-electron chi connectivity index (χ3n) is 2.22. The lowest BCUT2D eigenvalue weighted by molar-refractivity contribution is -0.124. The van der Waals surface area contributed by atoms with Gasteiger partial charge in [-0.3, -0.25) is 9.78 Å². The second-order valence-corrected chi connectivity index (χ2v) is 3.52. The number of rotatable bonds is 5. The fourth-order valence-electron chi connectivity index (χ4n) is 1.35. The van der Waals surface area contributed by atoms with Gasteiger partial charge in [0.05, 0.1) is 5.69 Å². The third kappa shape index (κ3) is 2.93. The lowest BCUT2D eigenvalue weighted by atomic mass is 10.2. The predicted molar refractivity (Wildman–Crippen MR) is 60.8 cm³/mol. The van der Waals surface area contributed by atoms with E-state index in [1.807, 2.05) is 19.9 Å². The van der Waals surface area contributed by atoms with E-state index in [2.05, 4.69) is 4.98 Å². The molecule has 0 bridgehead atoms. The molecule has 16 heavy (non-hydrogen) atoms. The number of amides is 1. The number of aromatic nitrogens is 1. The Hall–Kier alpha value is -1.62. The molecule has 0 spiro atoms. The van der Waals surface area contributed by atoms with Gasteiger partial charge in [-0.2, -0.15) is 0 Å². The standard InChI is InChI=1S/C11H17N3O2/c1-3-9(11(13)15)16-10-5-4-7(2)14-8(10)6-12/h4-5,9H,3,6,12H2,1-2H3,(H2,13,15). The zero-order valence-corrected chi connectivity index (χ0v) is 9.56. The number of pyridine rings is 1. The average Bonchev–Trinajstić information content (AvgIpc) is 2.26. The summed E-state index contributed by atoms with van der Waals surface area (Å²) in [6, 6.07) is 3.57. The molecule has 0 aromatic carbocycles. The van der Waals surface area contributed by atoms with Crippen LogP contribution in [0.15, 0.2) is 12.1 Å². The lowest BCUT2D eigenvalue weighted by Gasteiger charge is -2.16. The summed E-state index contributed by atoms with van der Waals surface area (Å²) in [7, 11) is 0. The molecule has 5 heteroatoms. The molecule has 0 aliphatic carbocycles. The first-order valence-corrected chi connectivity index (χ1v) is 5.21. The molecule has 1 aromatic heterocycles. The van der Waals surface area contributed by atoms with Crippen LogP contribution in [0.25, 0.3) is 0 Å². The molecule has 0 aliphatic rings. The number of aryl methyl sites for hydroxylation is 1. The molecule has 1 atom stereocenters. The van der Waals surface area contributed by atoms with Crippen molar-refractivity contribution in [1.82, 2.24) is 4.98 Å². The molecule has 4 N–H and O–H groups in total. The summed E-state index contributed by atoms with van der Waals surface area (Å²) in [6.45, 7) is 3.97. The smallest absolute Gasteiger partial charge is 0.258 e. The van der Waals surface area contributed by atoms with Crippen molar-refractivity contribution >= 4 is 5.91 Å². The Morgan fingerprint density at radius 2 is 2.25 bits per heavy atom. The molecule has 1 heterocycles. The van der Waals surface area contributed by atoms with Crippen LogP contribution in [0.5, 0.6) is 5.75 Å². The van der Waals surface area contributed by atoms with E-state index in [0.29, 0.717) is 17.9 Å². The number of carbonyl (C=O) groups is 1. The summed E-state index contributed by atoms with van der Waals surface area (Å²) in [4.78, 5) is 15.3. The van der Waals surface area contributed by atoms with Gasteiger partial charge in [0, 0.05) is 12.2 Å². The highest BCUT2D eigenvalue weighted by atomic mass is 16.5. The van der Waals surface area contributed by atoms with E-state index in [-0.39, 0.29) is 6.54 Å². The molecule has 1 aromatic rings. The number of nitrogens with two attached hydrogens (primary N) is 2. The summed E-state index contributed by atoms with van der Waals surface area (Å²) >= 11 is 0. The Bertz CT molecular complexity index is 379. The van der Waals surface area contributed by atoms with Crippen LogP contribution < -0.4 is 16.2 Å². The highest BCUT2D eigenvalue weighted by molar-refractivity contribution is 5.79. The number of carbonyl (C=O) groups excluding carboxylic acids is 1. The summed E-state index contributed by atoms with van der Waals surface area (Å²) in [5.74, 6) is 0.0461. The van der Waals surface area contributed by atoms with E-state index >= 15 is 0 Å². The molecular weight excluding hydrogens is 206 g/mol. The van der Waals surface area contributed by atoms with Gasteiger partial charge in [0.15, 0.2) is 6.10 Å². The predicted octanol–water partition coefficient (Wildman–Crippen LogP) is 0.491. The Morgan fingerprint density at radius 1 is 1.56 bits per heavy atom. The summed E-state index contributed by atoms with van der Waals surface area (Å²) < 4.78 is 5.49. The fourth-order valence-corrected chi connectivity index (χ4v) is 1.35. The van der Waals surface area contributed by atoms with Gasteiger partial charge in [0.25, 0.3) is 5.91 Å².